The number of hydrogen-bond acceptors (Lipinski definition) is 17. The maximum atomic E-state index is 15.7. The molecule has 2 fully saturated rings. The van der Waals surface area contributed by atoms with E-state index in [1.54, 1.807) is 46.9 Å². The van der Waals surface area contributed by atoms with Crippen LogP contribution in [0.25, 0.3) is 38.3 Å². The van der Waals surface area contributed by atoms with Gasteiger partial charge in [0.25, 0.3) is 0 Å². The van der Waals surface area contributed by atoms with Gasteiger partial charge in [0.05, 0.1) is 106 Å². The van der Waals surface area contributed by atoms with E-state index in [9.17, 15) is 32.3 Å². The number of fused-ring (bicyclic) bond motifs is 2. The number of Topliss-reactive ketones (excluding diaryl/α,β-unsaturated/α-hetero) is 1. The number of nitrogens with one attached hydrogen (secondary N) is 2. The van der Waals surface area contributed by atoms with Gasteiger partial charge in [-0.05, 0) is 84.3 Å². The highest BCUT2D eigenvalue weighted by atomic mass is 32.2. The average Bonchev–Trinajstić information content (AvgIpc) is 1.58. The quantitative estimate of drug-likeness (QED) is 0.0252. The number of carbonyl (C=O) groups excluding carboxylic acids is 3. The first-order valence-corrected chi connectivity index (χ1v) is 33.0. The van der Waals surface area contributed by atoms with E-state index < -0.39 is 69.8 Å². The number of aromatic nitrogens is 3. The van der Waals surface area contributed by atoms with E-state index in [1.165, 1.54) is 17.5 Å². The zero-order valence-electron chi connectivity index (χ0n) is 51.6. The lowest BCUT2D eigenvalue weighted by molar-refractivity contribution is -0.142. The number of nitrogens with zero attached hydrogens (tertiary/aromatic N) is 5. The van der Waals surface area contributed by atoms with Crippen molar-refractivity contribution in [3.8, 4) is 33.1 Å². The Bertz CT molecular complexity index is 3830. The molecular weight excluding hydrogens is 1230 g/mol. The molecule has 7 aromatic rings. The van der Waals surface area contributed by atoms with Gasteiger partial charge in [-0.2, -0.15) is 12.7 Å². The molecule has 6 heterocycles. The highest BCUT2D eigenvalue weighted by Crippen LogP contribution is 2.38. The lowest BCUT2D eigenvalue weighted by atomic mass is 9.97. The van der Waals surface area contributed by atoms with Gasteiger partial charge in [-0.25, -0.2) is 23.1 Å². The first kappa shape index (κ1) is 67.3. The van der Waals surface area contributed by atoms with Crippen molar-refractivity contribution < 1.29 is 74.2 Å². The van der Waals surface area contributed by atoms with Gasteiger partial charge in [0.2, 0.25) is 11.7 Å². The molecule has 4 aromatic carbocycles. The van der Waals surface area contributed by atoms with Crippen LogP contribution in [0.15, 0.2) is 109 Å². The summed E-state index contributed by atoms with van der Waals surface area (Å²) in [6, 6.07) is 23.1. The zero-order valence-corrected chi connectivity index (χ0v) is 53.2. The summed E-state index contributed by atoms with van der Waals surface area (Å²) < 4.78 is 114. The van der Waals surface area contributed by atoms with Gasteiger partial charge in [-0.15, -0.1) is 11.3 Å². The first-order chi connectivity index (χ1) is 44.4. The molecule has 0 unspecified atom stereocenters. The number of benzene rings is 4. The fourth-order valence-corrected chi connectivity index (χ4v) is 13.6. The normalized spacial score (nSPS) is 17.1. The van der Waals surface area contributed by atoms with Crippen molar-refractivity contribution in [1.29, 1.82) is 0 Å². The summed E-state index contributed by atoms with van der Waals surface area (Å²) in [6.45, 7) is 14.5. The minimum absolute atomic E-state index is 0.0111. The Kier molecular flexibility index (Phi) is 22.9. The number of ether oxygens (including phenoxy) is 7. The number of aliphatic hydroxyl groups excluding tert-OH is 1. The molecular formula is C67H76F3N7O13S2. The Labute approximate surface area is 536 Å². The number of halogens is 3. The Morgan fingerprint density at radius 3 is 2.12 bits per heavy atom. The summed E-state index contributed by atoms with van der Waals surface area (Å²) in [5.41, 5.74) is 7.32. The van der Waals surface area contributed by atoms with Crippen LogP contribution in [0.5, 0.6) is 11.5 Å². The Morgan fingerprint density at radius 2 is 1.48 bits per heavy atom. The summed E-state index contributed by atoms with van der Waals surface area (Å²) in [6.07, 6.45) is 1.41. The molecule has 3 aliphatic rings. The molecule has 490 valence electrons. The van der Waals surface area contributed by atoms with Crippen molar-refractivity contribution in [1.82, 2.24) is 29.1 Å². The summed E-state index contributed by atoms with van der Waals surface area (Å²) in [4.78, 5) is 58.5. The average molecular weight is 1310 g/mol. The number of pyridine rings is 1. The maximum absolute atomic E-state index is 15.7. The fourth-order valence-electron chi connectivity index (χ4n) is 11.6. The van der Waals surface area contributed by atoms with Gasteiger partial charge >= 0.3 is 10.2 Å². The number of amides is 1. The number of likely N-dealkylation sites (tertiary alicyclic amines) is 1. The second kappa shape index (κ2) is 31.4. The van der Waals surface area contributed by atoms with Crippen LogP contribution in [0, 0.1) is 24.5 Å². The van der Waals surface area contributed by atoms with Crippen LogP contribution in [0.2, 0.25) is 0 Å². The molecule has 20 nitrogen and oxygen atoms in total. The molecule has 0 radical (unpaired) electrons. The van der Waals surface area contributed by atoms with Crippen molar-refractivity contribution in [2.24, 2.45) is 5.92 Å². The van der Waals surface area contributed by atoms with Gasteiger partial charge in [0.1, 0.15) is 48.4 Å². The van der Waals surface area contributed by atoms with Crippen molar-refractivity contribution in [2.45, 2.75) is 77.4 Å². The molecule has 3 N–H and O–H groups in total. The molecule has 0 aliphatic carbocycles. The van der Waals surface area contributed by atoms with E-state index in [1.807, 2.05) is 72.9 Å². The molecule has 25 heteroatoms. The van der Waals surface area contributed by atoms with E-state index in [0.717, 1.165) is 55.0 Å². The van der Waals surface area contributed by atoms with Gasteiger partial charge < -0.3 is 53.0 Å². The Balaban J connectivity index is 0.579. The molecule has 4 atom stereocenters. The van der Waals surface area contributed by atoms with Crippen molar-refractivity contribution in [3.05, 3.63) is 155 Å². The van der Waals surface area contributed by atoms with Crippen molar-refractivity contribution in [2.75, 3.05) is 104 Å². The van der Waals surface area contributed by atoms with E-state index in [-0.39, 0.29) is 79.8 Å². The maximum Gasteiger partial charge on any atom is 0.301 e. The number of hydrogen-bond donors (Lipinski definition) is 3. The predicted molar refractivity (Wildman–Crippen MR) is 341 cm³/mol. The largest absolute Gasteiger partial charge is 0.491 e. The number of rotatable bonds is 34. The molecule has 3 aliphatic heterocycles. The van der Waals surface area contributed by atoms with E-state index in [4.69, 9.17) is 33.2 Å². The van der Waals surface area contributed by atoms with Crippen LogP contribution >= 0.6 is 11.3 Å². The minimum atomic E-state index is -4.38. The monoisotopic (exact) mass is 1310 g/mol. The smallest absolute Gasteiger partial charge is 0.301 e. The number of thiazole rings is 1. The number of ketones is 2. The van der Waals surface area contributed by atoms with E-state index in [0.29, 0.717) is 102 Å². The fraction of sp³-hybridized carbons (Fsp3) is 0.418. The summed E-state index contributed by atoms with van der Waals surface area (Å²) in [5, 5.41) is 11.1. The molecule has 0 spiro atoms. The number of H-pyrrole nitrogens is 1. The molecule has 10 rings (SSSR count). The SMILES string of the molecule is C=C1c2ccccc2CN1[C@H](C(=O)N1C[C@H](O)C[C@H]1C(=O)CCc1ccc(-c2scnc2C)cc1OCCOCCOCCOCCOCCOCCOc1ccc(-c2cnc3[nH]cc(C(=O)c4c(F)ccc(NS(=O)(=O)N5CC[C@@H](F)C5)c4F)c3c2)cc1)C(C)C. The van der Waals surface area contributed by atoms with Crippen LogP contribution in [0.3, 0.4) is 0 Å². The van der Waals surface area contributed by atoms with Gasteiger partial charge in [-0.1, -0.05) is 69.0 Å². The van der Waals surface area contributed by atoms with Crippen molar-refractivity contribution >= 4 is 61.4 Å². The molecule has 0 bridgehead atoms. The molecule has 0 saturated carbocycles. The van der Waals surface area contributed by atoms with Crippen molar-refractivity contribution in [3.63, 3.8) is 0 Å². The highest BCUT2D eigenvalue weighted by molar-refractivity contribution is 7.90. The lowest BCUT2D eigenvalue weighted by Gasteiger charge is -2.36. The van der Waals surface area contributed by atoms with Gasteiger partial charge in [0, 0.05) is 79.2 Å². The number of anilines is 1. The number of aryl methyl sites for hydroxylation is 2. The topological polar surface area (TPSA) is 234 Å². The second-order valence-corrected chi connectivity index (χ2v) is 25.5. The third kappa shape index (κ3) is 16.4. The first-order valence-electron chi connectivity index (χ1n) is 30.7. The van der Waals surface area contributed by atoms with Gasteiger partial charge in [-0.3, -0.25) is 19.1 Å². The summed E-state index contributed by atoms with van der Waals surface area (Å²) >= 11 is 1.54. The third-order valence-electron chi connectivity index (χ3n) is 16.3. The molecule has 1 amide bonds. The molecule has 2 saturated heterocycles. The number of carbonyl (C=O) groups is 3. The minimum Gasteiger partial charge on any atom is -0.491 e. The van der Waals surface area contributed by atoms with Crippen LogP contribution < -0.4 is 14.2 Å². The predicted octanol–water partition coefficient (Wildman–Crippen LogP) is 9.39. The van der Waals surface area contributed by atoms with Crippen LogP contribution in [0.1, 0.15) is 71.4 Å². The number of β-amino-alcohol motifs (C(OH)–C–C–N with tert-alkyl or cyclic N) is 1. The molecule has 92 heavy (non-hydrogen) atoms. The van der Waals surface area contributed by atoms with E-state index >= 15 is 8.78 Å². The van der Waals surface area contributed by atoms with Crippen LogP contribution in [-0.4, -0.2) is 183 Å². The summed E-state index contributed by atoms with van der Waals surface area (Å²) in [7, 11) is -4.38. The Hall–Kier alpha value is -7.59. The third-order valence-corrected chi connectivity index (χ3v) is 18.8. The van der Waals surface area contributed by atoms with Crippen LogP contribution in [0.4, 0.5) is 18.9 Å². The molecule has 3 aromatic heterocycles. The highest BCUT2D eigenvalue weighted by Gasteiger charge is 2.44. The van der Waals surface area contributed by atoms with Crippen LogP contribution in [-0.2, 0) is 56.4 Å². The Morgan fingerprint density at radius 1 is 0.815 bits per heavy atom. The lowest BCUT2D eigenvalue weighted by Crippen LogP contribution is -2.52. The van der Waals surface area contributed by atoms with Gasteiger partial charge in [0.15, 0.2) is 11.6 Å². The number of alkyl halides is 1. The second-order valence-electron chi connectivity index (χ2n) is 22.9. The summed E-state index contributed by atoms with van der Waals surface area (Å²) in [5.74, 6) is -2.78. The zero-order chi connectivity index (χ0) is 64.9. The van der Waals surface area contributed by atoms with E-state index in [2.05, 4.69) is 21.5 Å². The standard InChI is InChI=1S/C67H76F3N7O13S2/c1-42(2)63(76-38-48-7-5-6-8-53(48)44(76)4)67(81)77-40-51(78)35-58(77)59(79)18-13-46-9-10-47(65-43(3)73-41-91-65)34-60(46)90-32-30-88-28-26-86-24-22-84-21-23-85-25-27-87-29-31-89-52-14-11-45(12-15-52)49-33-54-55(37-72-66(54)71-36-49)64(80)61-56(69)16-17-57(62(61)70)74-92(82,83)75-20-19-50(68)39-75/h5-12,14-17,33-34,36-37,41-42,50-51,58,63,74,78H,4,13,18-32,35,38-40H2,1-3H3,(H,71,72)/t50-,51-,58+,63+/m1/s1. The number of aliphatic hydroxyl groups is 1. The number of aromatic amines is 1.